The monoisotopic (exact) mass is 205 g/mol. The van der Waals surface area contributed by atoms with Crippen molar-refractivity contribution in [3.63, 3.8) is 0 Å². The van der Waals surface area contributed by atoms with Gasteiger partial charge in [-0.25, -0.2) is 4.98 Å². The number of hydrogen-bond acceptors (Lipinski definition) is 3. The molecule has 0 atom stereocenters. The summed E-state index contributed by atoms with van der Waals surface area (Å²) in [5, 5.41) is 7.96. The summed E-state index contributed by atoms with van der Waals surface area (Å²) in [4.78, 5) is 4.32. The molecule has 0 fully saturated rings. The van der Waals surface area contributed by atoms with Crippen molar-refractivity contribution in [2.45, 2.75) is 26.3 Å². The molecule has 2 aromatic heterocycles. The second-order valence-electron chi connectivity index (χ2n) is 3.60. The van der Waals surface area contributed by atoms with Crippen molar-refractivity contribution >= 4 is 0 Å². The minimum Gasteiger partial charge on any atom is -0.329 e. The Kier molecular flexibility index (Phi) is 2.80. The lowest BCUT2D eigenvalue weighted by atomic mass is 10.3. The summed E-state index contributed by atoms with van der Waals surface area (Å²) in [6.07, 6.45) is 7.86. The maximum absolute atomic E-state index is 4.32. The first-order valence-electron chi connectivity index (χ1n) is 5.15. The second kappa shape index (κ2) is 4.25. The van der Waals surface area contributed by atoms with Crippen LogP contribution in [0.5, 0.6) is 0 Å². The van der Waals surface area contributed by atoms with Crippen LogP contribution in [0.2, 0.25) is 0 Å². The van der Waals surface area contributed by atoms with Crippen LogP contribution < -0.4 is 0 Å². The van der Waals surface area contributed by atoms with E-state index in [0.717, 1.165) is 30.9 Å². The fourth-order valence-electron chi connectivity index (χ4n) is 1.58. The molecule has 0 bridgehead atoms. The summed E-state index contributed by atoms with van der Waals surface area (Å²) >= 11 is 0. The predicted molar refractivity (Wildman–Crippen MR) is 56.3 cm³/mol. The highest BCUT2D eigenvalue weighted by molar-refractivity contribution is 4.99. The van der Waals surface area contributed by atoms with Gasteiger partial charge in [0.1, 0.15) is 11.5 Å². The molecule has 0 radical (unpaired) electrons. The molecule has 0 aliphatic heterocycles. The van der Waals surface area contributed by atoms with Gasteiger partial charge in [0, 0.05) is 32.1 Å². The van der Waals surface area contributed by atoms with E-state index in [4.69, 9.17) is 0 Å². The maximum atomic E-state index is 4.32. The summed E-state index contributed by atoms with van der Waals surface area (Å²) in [5.41, 5.74) is 0.966. The standard InChI is InChI=1S/C10H15N5/c1-3-4-10-11-5-6-15(10)8-9-7-14(2)13-12-9/h5-7H,3-4,8H2,1-2H3. The summed E-state index contributed by atoms with van der Waals surface area (Å²) in [5.74, 6) is 1.11. The first-order chi connectivity index (χ1) is 7.29. The number of aryl methyl sites for hydroxylation is 2. The Morgan fingerprint density at radius 1 is 1.40 bits per heavy atom. The van der Waals surface area contributed by atoms with Crippen LogP contribution >= 0.6 is 0 Å². The van der Waals surface area contributed by atoms with E-state index in [9.17, 15) is 0 Å². The molecule has 0 unspecified atom stereocenters. The average Bonchev–Trinajstić information content (AvgIpc) is 2.78. The molecule has 5 heteroatoms. The third kappa shape index (κ3) is 2.23. The molecular weight excluding hydrogens is 190 g/mol. The SMILES string of the molecule is CCCc1nccn1Cc1cn(C)nn1. The quantitative estimate of drug-likeness (QED) is 0.748. The van der Waals surface area contributed by atoms with Gasteiger partial charge in [-0.1, -0.05) is 12.1 Å². The van der Waals surface area contributed by atoms with Crippen LogP contribution in [-0.4, -0.2) is 24.5 Å². The molecule has 0 spiro atoms. The Labute approximate surface area is 88.7 Å². The Balaban J connectivity index is 2.13. The van der Waals surface area contributed by atoms with Gasteiger partial charge in [-0.05, 0) is 6.42 Å². The molecule has 2 rings (SSSR count). The van der Waals surface area contributed by atoms with Gasteiger partial charge in [-0.15, -0.1) is 5.10 Å². The molecule has 0 amide bonds. The lowest BCUT2D eigenvalue weighted by molar-refractivity contribution is 0.686. The van der Waals surface area contributed by atoms with Crippen molar-refractivity contribution in [2.24, 2.45) is 7.05 Å². The van der Waals surface area contributed by atoms with Gasteiger partial charge in [0.2, 0.25) is 0 Å². The van der Waals surface area contributed by atoms with E-state index in [1.54, 1.807) is 4.68 Å². The normalized spacial score (nSPS) is 10.8. The van der Waals surface area contributed by atoms with Crippen LogP contribution in [-0.2, 0) is 20.0 Å². The van der Waals surface area contributed by atoms with E-state index < -0.39 is 0 Å². The summed E-state index contributed by atoms with van der Waals surface area (Å²) in [6, 6.07) is 0. The largest absolute Gasteiger partial charge is 0.329 e. The topological polar surface area (TPSA) is 48.5 Å². The van der Waals surface area contributed by atoms with E-state index in [0.29, 0.717) is 0 Å². The highest BCUT2D eigenvalue weighted by Gasteiger charge is 2.04. The first-order valence-corrected chi connectivity index (χ1v) is 5.15. The van der Waals surface area contributed by atoms with Crippen LogP contribution in [0.4, 0.5) is 0 Å². The number of aromatic nitrogens is 5. The molecule has 2 heterocycles. The molecule has 0 aliphatic rings. The van der Waals surface area contributed by atoms with Gasteiger partial charge in [-0.3, -0.25) is 4.68 Å². The number of nitrogens with zero attached hydrogens (tertiary/aromatic N) is 5. The third-order valence-corrected chi connectivity index (χ3v) is 2.26. The lowest BCUT2D eigenvalue weighted by Gasteiger charge is -2.03. The molecule has 15 heavy (non-hydrogen) atoms. The molecule has 0 saturated carbocycles. The minimum atomic E-state index is 0.753. The molecule has 0 N–H and O–H groups in total. The van der Waals surface area contributed by atoms with Crippen molar-refractivity contribution in [2.75, 3.05) is 0 Å². The lowest BCUT2D eigenvalue weighted by Crippen LogP contribution is -2.04. The Morgan fingerprint density at radius 2 is 2.27 bits per heavy atom. The van der Waals surface area contributed by atoms with E-state index in [2.05, 4.69) is 26.8 Å². The van der Waals surface area contributed by atoms with E-state index in [1.807, 2.05) is 25.6 Å². The van der Waals surface area contributed by atoms with Crippen molar-refractivity contribution < 1.29 is 0 Å². The first kappa shape index (κ1) is 9.89. The molecule has 5 nitrogen and oxygen atoms in total. The van der Waals surface area contributed by atoms with Gasteiger partial charge in [-0.2, -0.15) is 0 Å². The fraction of sp³-hybridized carbons (Fsp3) is 0.500. The Morgan fingerprint density at radius 3 is 2.93 bits per heavy atom. The summed E-state index contributed by atoms with van der Waals surface area (Å²) in [7, 11) is 1.87. The van der Waals surface area contributed by atoms with Gasteiger partial charge in [0.05, 0.1) is 6.54 Å². The van der Waals surface area contributed by atoms with E-state index in [1.165, 1.54) is 0 Å². The van der Waals surface area contributed by atoms with Crippen LogP contribution in [0.1, 0.15) is 24.9 Å². The zero-order valence-electron chi connectivity index (χ0n) is 9.09. The summed E-state index contributed by atoms with van der Waals surface area (Å²) in [6.45, 7) is 2.91. The van der Waals surface area contributed by atoms with Crippen molar-refractivity contribution in [1.82, 2.24) is 24.5 Å². The van der Waals surface area contributed by atoms with Gasteiger partial charge < -0.3 is 4.57 Å². The number of hydrogen-bond donors (Lipinski definition) is 0. The average molecular weight is 205 g/mol. The van der Waals surface area contributed by atoms with Crippen LogP contribution in [0.3, 0.4) is 0 Å². The van der Waals surface area contributed by atoms with Gasteiger partial charge in [0.15, 0.2) is 0 Å². The van der Waals surface area contributed by atoms with Crippen LogP contribution in [0, 0.1) is 0 Å². The Hall–Kier alpha value is -1.65. The van der Waals surface area contributed by atoms with Crippen molar-refractivity contribution in [3.8, 4) is 0 Å². The maximum Gasteiger partial charge on any atom is 0.108 e. The fourth-order valence-corrected chi connectivity index (χ4v) is 1.58. The minimum absolute atomic E-state index is 0.753. The van der Waals surface area contributed by atoms with Crippen LogP contribution in [0.25, 0.3) is 0 Å². The zero-order chi connectivity index (χ0) is 10.7. The predicted octanol–water partition coefficient (Wildman–Crippen LogP) is 1.01. The van der Waals surface area contributed by atoms with Crippen molar-refractivity contribution in [1.29, 1.82) is 0 Å². The van der Waals surface area contributed by atoms with Gasteiger partial charge in [0.25, 0.3) is 0 Å². The highest BCUT2D eigenvalue weighted by atomic mass is 15.4. The molecular formula is C10H15N5. The Bertz CT molecular complexity index is 428. The third-order valence-electron chi connectivity index (χ3n) is 2.26. The smallest absolute Gasteiger partial charge is 0.108 e. The number of rotatable bonds is 4. The molecule has 2 aromatic rings. The molecule has 0 saturated heterocycles. The zero-order valence-corrected chi connectivity index (χ0v) is 9.09. The number of imidazole rings is 1. The molecule has 0 aromatic carbocycles. The second-order valence-corrected chi connectivity index (χ2v) is 3.60. The molecule has 0 aliphatic carbocycles. The summed E-state index contributed by atoms with van der Waals surface area (Å²) < 4.78 is 3.83. The van der Waals surface area contributed by atoms with Gasteiger partial charge >= 0.3 is 0 Å². The molecule has 80 valence electrons. The van der Waals surface area contributed by atoms with E-state index >= 15 is 0 Å². The van der Waals surface area contributed by atoms with Crippen molar-refractivity contribution in [3.05, 3.63) is 30.1 Å². The van der Waals surface area contributed by atoms with Crippen LogP contribution in [0.15, 0.2) is 18.6 Å². The highest BCUT2D eigenvalue weighted by Crippen LogP contribution is 2.04. The van der Waals surface area contributed by atoms with E-state index in [-0.39, 0.29) is 0 Å².